The summed E-state index contributed by atoms with van der Waals surface area (Å²) < 4.78 is 0. The second-order valence-electron chi connectivity index (χ2n) is 6.72. The number of rotatable bonds is 0. The number of hydrogen-bond acceptors (Lipinski definition) is 2. The Morgan fingerprint density at radius 2 is 0.759 bits per heavy atom. The molecule has 0 saturated carbocycles. The van der Waals surface area contributed by atoms with Gasteiger partial charge in [0.05, 0.1) is 11.0 Å². The number of fused-ring (bicyclic) bond motifs is 6. The molecule has 29 heavy (non-hydrogen) atoms. The van der Waals surface area contributed by atoms with Crippen LogP contribution in [0.5, 0.6) is 0 Å². The van der Waals surface area contributed by atoms with Gasteiger partial charge in [-0.1, -0.05) is 84.9 Å². The van der Waals surface area contributed by atoms with E-state index in [1.807, 2.05) is 24.5 Å². The van der Waals surface area contributed by atoms with E-state index in [0.717, 1.165) is 11.0 Å². The van der Waals surface area contributed by atoms with E-state index in [2.05, 4.69) is 94.9 Å². The predicted molar refractivity (Wildman–Crippen MR) is 118 cm³/mol. The summed E-state index contributed by atoms with van der Waals surface area (Å²) in [7, 11) is 0. The summed E-state index contributed by atoms with van der Waals surface area (Å²) in [4.78, 5) is 8.82. The van der Waals surface area contributed by atoms with Crippen molar-refractivity contribution in [3.8, 4) is 0 Å². The molecule has 2 nitrogen and oxygen atoms in total. The van der Waals surface area contributed by atoms with Crippen molar-refractivity contribution in [1.29, 1.82) is 0 Å². The third-order valence-electron chi connectivity index (χ3n) is 4.99. The summed E-state index contributed by atoms with van der Waals surface area (Å²) in [5, 5.41) is 7.35. The Morgan fingerprint density at radius 1 is 0.379 bits per heavy atom. The van der Waals surface area contributed by atoms with Crippen molar-refractivity contribution in [1.82, 2.24) is 9.97 Å². The fraction of sp³-hybridized carbons (Fsp3) is 0. The van der Waals surface area contributed by atoms with Crippen LogP contribution in [0.2, 0.25) is 0 Å². The molecule has 1 radical (unpaired) electrons. The van der Waals surface area contributed by atoms with Crippen molar-refractivity contribution < 1.29 is 20.1 Å². The van der Waals surface area contributed by atoms with Crippen molar-refractivity contribution in [2.24, 2.45) is 0 Å². The maximum Gasteiger partial charge on any atom is 0.0780 e. The van der Waals surface area contributed by atoms with Gasteiger partial charge in [-0.25, -0.2) is 0 Å². The third kappa shape index (κ3) is 3.75. The van der Waals surface area contributed by atoms with Gasteiger partial charge < -0.3 is 0 Å². The number of hydrogen-bond donors (Lipinski definition) is 0. The molecule has 0 aliphatic heterocycles. The molecule has 3 heteroatoms. The van der Waals surface area contributed by atoms with Crippen LogP contribution < -0.4 is 0 Å². The molecule has 0 unspecified atom stereocenters. The molecule has 0 bridgehead atoms. The second-order valence-corrected chi connectivity index (χ2v) is 6.72. The van der Waals surface area contributed by atoms with Gasteiger partial charge in [0.1, 0.15) is 0 Å². The molecule has 141 valence electrons. The smallest absolute Gasteiger partial charge is 0.0780 e. The van der Waals surface area contributed by atoms with E-state index >= 15 is 0 Å². The zero-order valence-electron chi connectivity index (χ0n) is 15.6. The molecule has 2 aromatic heterocycles. The summed E-state index contributed by atoms with van der Waals surface area (Å²) >= 11 is 0. The van der Waals surface area contributed by atoms with E-state index in [0.29, 0.717) is 0 Å². The molecule has 0 amide bonds. The Labute approximate surface area is 182 Å². The van der Waals surface area contributed by atoms with Gasteiger partial charge in [0, 0.05) is 54.0 Å². The molecule has 0 atom stereocenters. The van der Waals surface area contributed by atoms with Gasteiger partial charge in [-0.3, -0.25) is 9.97 Å². The fourth-order valence-corrected chi connectivity index (χ4v) is 3.63. The number of benzene rings is 4. The van der Waals surface area contributed by atoms with Crippen LogP contribution in [0, 0.1) is 0 Å². The van der Waals surface area contributed by atoms with Gasteiger partial charge in [-0.15, -0.1) is 0 Å². The molecule has 0 fully saturated rings. The number of aromatic nitrogens is 2. The van der Waals surface area contributed by atoms with Crippen LogP contribution in [0.25, 0.3) is 43.4 Å². The molecule has 0 saturated heterocycles. The first-order valence-corrected chi connectivity index (χ1v) is 9.35. The van der Waals surface area contributed by atoms with Crippen molar-refractivity contribution in [3.05, 3.63) is 109 Å². The minimum absolute atomic E-state index is 0. The normalized spacial score (nSPS) is 10.5. The van der Waals surface area contributed by atoms with Crippen LogP contribution in [0.3, 0.4) is 0 Å². The van der Waals surface area contributed by atoms with Crippen LogP contribution in [-0.4, -0.2) is 9.97 Å². The zero-order chi connectivity index (χ0) is 18.8. The summed E-state index contributed by atoms with van der Waals surface area (Å²) in [5.41, 5.74) is 2.18. The number of pyridine rings is 2. The Morgan fingerprint density at radius 3 is 1.24 bits per heavy atom. The minimum atomic E-state index is 0. The van der Waals surface area contributed by atoms with Crippen LogP contribution in [-0.2, 0) is 20.1 Å². The molecule has 0 spiro atoms. The predicted octanol–water partition coefficient (Wildman–Crippen LogP) is 6.77. The van der Waals surface area contributed by atoms with E-state index < -0.39 is 0 Å². The Balaban J connectivity index is 0.000000137. The molecule has 6 rings (SSSR count). The van der Waals surface area contributed by atoms with E-state index in [1.165, 1.54) is 32.3 Å². The first kappa shape index (κ1) is 19.2. The quantitative estimate of drug-likeness (QED) is 0.195. The summed E-state index contributed by atoms with van der Waals surface area (Å²) in [6.07, 6.45) is 3.68. The van der Waals surface area contributed by atoms with Crippen LogP contribution in [0.4, 0.5) is 0 Å². The van der Waals surface area contributed by atoms with Crippen LogP contribution >= 0.6 is 0 Å². The summed E-state index contributed by atoms with van der Waals surface area (Å²) in [5.74, 6) is 0. The van der Waals surface area contributed by atoms with Gasteiger partial charge >= 0.3 is 0 Å². The molecule has 0 aliphatic rings. The van der Waals surface area contributed by atoms with E-state index in [4.69, 9.17) is 0 Å². The molecule has 6 aromatic rings. The first-order chi connectivity index (χ1) is 13.9. The van der Waals surface area contributed by atoms with Gasteiger partial charge in [-0.2, -0.15) is 0 Å². The molecular weight excluding hydrogens is 533 g/mol. The SMILES string of the molecule is [Ir].c1ccc2c(c1)ccc1cccnc12.c1ccc2c(c1)ccc1cccnc12. The first-order valence-electron chi connectivity index (χ1n) is 9.35. The van der Waals surface area contributed by atoms with Crippen molar-refractivity contribution in [3.63, 3.8) is 0 Å². The molecule has 0 aliphatic carbocycles. The zero-order valence-corrected chi connectivity index (χ0v) is 18.0. The van der Waals surface area contributed by atoms with Gasteiger partial charge in [-0.05, 0) is 22.9 Å². The second kappa shape index (κ2) is 8.48. The van der Waals surface area contributed by atoms with Gasteiger partial charge in [0.2, 0.25) is 0 Å². The van der Waals surface area contributed by atoms with Crippen molar-refractivity contribution >= 4 is 43.4 Å². The standard InChI is InChI=1S/2C13H9N.Ir/c2*1-2-6-12-10(4-1)7-8-11-5-3-9-14-13(11)12;/h2*1-9H;. The van der Waals surface area contributed by atoms with Crippen molar-refractivity contribution in [2.45, 2.75) is 0 Å². The van der Waals surface area contributed by atoms with Gasteiger partial charge in [0.15, 0.2) is 0 Å². The van der Waals surface area contributed by atoms with Crippen LogP contribution in [0.1, 0.15) is 0 Å². The Hall–Kier alpha value is -3.13. The average Bonchev–Trinajstić information content (AvgIpc) is 2.79. The van der Waals surface area contributed by atoms with E-state index in [9.17, 15) is 0 Å². The molecular formula is C26H18IrN2. The van der Waals surface area contributed by atoms with Gasteiger partial charge in [0.25, 0.3) is 0 Å². The number of nitrogens with zero attached hydrogens (tertiary/aromatic N) is 2. The Bertz CT molecular complexity index is 1210. The van der Waals surface area contributed by atoms with Crippen LogP contribution in [0.15, 0.2) is 109 Å². The molecule has 0 N–H and O–H groups in total. The molecule has 4 aromatic carbocycles. The third-order valence-corrected chi connectivity index (χ3v) is 4.99. The largest absolute Gasteiger partial charge is 0.256 e. The average molecular weight is 551 g/mol. The monoisotopic (exact) mass is 551 g/mol. The maximum atomic E-state index is 4.41. The van der Waals surface area contributed by atoms with E-state index in [1.54, 1.807) is 0 Å². The summed E-state index contributed by atoms with van der Waals surface area (Å²) in [6.45, 7) is 0. The summed E-state index contributed by atoms with van der Waals surface area (Å²) in [6, 6.07) is 33.3. The Kier molecular flexibility index (Phi) is 5.62. The minimum Gasteiger partial charge on any atom is -0.256 e. The van der Waals surface area contributed by atoms with E-state index in [-0.39, 0.29) is 20.1 Å². The maximum absolute atomic E-state index is 4.41. The van der Waals surface area contributed by atoms with Crippen molar-refractivity contribution in [2.75, 3.05) is 0 Å². The topological polar surface area (TPSA) is 25.8 Å². The fourth-order valence-electron chi connectivity index (χ4n) is 3.63. The molecule has 2 heterocycles.